The molecule has 0 atom stereocenters. The molecule has 0 unspecified atom stereocenters. The number of nitrogens with one attached hydrogen (secondary N) is 2. The summed E-state index contributed by atoms with van der Waals surface area (Å²) in [4.78, 5) is 12.3. The van der Waals surface area contributed by atoms with Gasteiger partial charge in [0.2, 0.25) is 15.9 Å². The zero-order chi connectivity index (χ0) is 18.0. The maximum atomic E-state index is 13.3. The molecule has 0 saturated carbocycles. The van der Waals surface area contributed by atoms with Crippen molar-refractivity contribution in [1.82, 2.24) is 14.5 Å². The van der Waals surface area contributed by atoms with Gasteiger partial charge >= 0.3 is 0 Å². The van der Waals surface area contributed by atoms with E-state index in [1.165, 1.54) is 22.7 Å². The Morgan fingerprint density at radius 3 is 2.68 bits per heavy atom. The second-order valence-corrected chi connectivity index (χ2v) is 8.09. The number of H-pyrrole nitrogens is 1. The minimum atomic E-state index is -3.21. The predicted octanol–water partition coefficient (Wildman–Crippen LogP) is 1.83. The molecule has 0 bridgehead atoms. The van der Waals surface area contributed by atoms with Crippen LogP contribution in [0.2, 0.25) is 0 Å². The van der Waals surface area contributed by atoms with Crippen LogP contribution in [0.25, 0.3) is 11.3 Å². The lowest BCUT2D eigenvalue weighted by atomic mass is 9.97. The van der Waals surface area contributed by atoms with Gasteiger partial charge in [-0.05, 0) is 25.0 Å². The summed E-state index contributed by atoms with van der Waals surface area (Å²) >= 11 is 0. The van der Waals surface area contributed by atoms with Crippen LogP contribution in [0.15, 0.2) is 30.3 Å². The smallest absolute Gasteiger partial charge is 0.228 e. The molecule has 1 aromatic heterocycles. The highest BCUT2D eigenvalue weighted by Crippen LogP contribution is 2.23. The first-order valence-electron chi connectivity index (χ1n) is 7.90. The van der Waals surface area contributed by atoms with E-state index in [-0.39, 0.29) is 17.6 Å². The molecule has 0 spiro atoms. The monoisotopic (exact) mass is 366 g/mol. The molecule has 0 radical (unpaired) electrons. The summed E-state index contributed by atoms with van der Waals surface area (Å²) in [5.74, 6) is -0.442. The van der Waals surface area contributed by atoms with Crippen LogP contribution >= 0.6 is 0 Å². The van der Waals surface area contributed by atoms with E-state index in [1.54, 1.807) is 18.2 Å². The van der Waals surface area contributed by atoms with Gasteiger partial charge in [0.25, 0.3) is 0 Å². The molecule has 25 heavy (non-hydrogen) atoms. The molecule has 2 N–H and O–H groups in total. The Balaban J connectivity index is 1.61. The Labute approximate surface area is 145 Å². The third-order valence-electron chi connectivity index (χ3n) is 4.26. The average Bonchev–Trinajstić information content (AvgIpc) is 3.03. The van der Waals surface area contributed by atoms with Crippen LogP contribution in [0.1, 0.15) is 12.8 Å². The summed E-state index contributed by atoms with van der Waals surface area (Å²) in [6.07, 6.45) is 2.12. The molecular formula is C16H19FN4O3S. The van der Waals surface area contributed by atoms with Crippen LogP contribution in [0.5, 0.6) is 0 Å². The van der Waals surface area contributed by atoms with Gasteiger partial charge in [-0.25, -0.2) is 17.1 Å². The first-order chi connectivity index (χ1) is 11.8. The molecule has 1 aliphatic rings. The third-order valence-corrected chi connectivity index (χ3v) is 5.56. The quantitative estimate of drug-likeness (QED) is 0.863. The Morgan fingerprint density at radius 1 is 1.32 bits per heavy atom. The van der Waals surface area contributed by atoms with Gasteiger partial charge in [0.05, 0.1) is 11.9 Å². The molecule has 3 rings (SSSR count). The van der Waals surface area contributed by atoms with Crippen molar-refractivity contribution in [2.75, 3.05) is 24.7 Å². The number of halogens is 1. The van der Waals surface area contributed by atoms with Gasteiger partial charge in [-0.3, -0.25) is 9.89 Å². The highest BCUT2D eigenvalue weighted by molar-refractivity contribution is 7.88. The van der Waals surface area contributed by atoms with E-state index in [4.69, 9.17) is 0 Å². The van der Waals surface area contributed by atoms with E-state index in [0.29, 0.717) is 43.0 Å². The Hall–Kier alpha value is -2.26. The maximum absolute atomic E-state index is 13.3. The molecule has 1 amide bonds. The number of amides is 1. The van der Waals surface area contributed by atoms with Crippen molar-refractivity contribution < 1.29 is 17.6 Å². The van der Waals surface area contributed by atoms with Crippen LogP contribution in [-0.4, -0.2) is 48.2 Å². The minimum absolute atomic E-state index is 0.189. The number of carbonyl (C=O) groups is 1. The van der Waals surface area contributed by atoms with Gasteiger partial charge in [0.1, 0.15) is 5.82 Å². The van der Waals surface area contributed by atoms with Gasteiger partial charge in [0, 0.05) is 30.6 Å². The lowest BCUT2D eigenvalue weighted by Crippen LogP contribution is -2.40. The van der Waals surface area contributed by atoms with Crippen molar-refractivity contribution in [2.24, 2.45) is 5.92 Å². The highest BCUT2D eigenvalue weighted by Gasteiger charge is 2.29. The van der Waals surface area contributed by atoms with Crippen LogP contribution in [0, 0.1) is 11.7 Å². The van der Waals surface area contributed by atoms with Gasteiger partial charge in [-0.1, -0.05) is 12.1 Å². The molecule has 2 aromatic rings. The summed E-state index contributed by atoms with van der Waals surface area (Å²) in [5.41, 5.74) is 1.23. The fraction of sp³-hybridized carbons (Fsp3) is 0.375. The number of sulfonamides is 1. The number of aromatic nitrogens is 2. The molecule has 2 heterocycles. The number of hydrogen-bond acceptors (Lipinski definition) is 4. The van der Waals surface area contributed by atoms with E-state index in [2.05, 4.69) is 15.5 Å². The summed E-state index contributed by atoms with van der Waals surface area (Å²) < 4.78 is 37.7. The van der Waals surface area contributed by atoms with E-state index in [0.717, 1.165) is 0 Å². The topological polar surface area (TPSA) is 95.2 Å². The van der Waals surface area contributed by atoms with Crippen LogP contribution in [0.4, 0.5) is 10.2 Å². The summed E-state index contributed by atoms with van der Waals surface area (Å²) in [7, 11) is -3.21. The summed E-state index contributed by atoms with van der Waals surface area (Å²) in [5, 5.41) is 9.52. The van der Waals surface area contributed by atoms with E-state index in [1.807, 2.05) is 0 Å². The molecule has 1 aliphatic heterocycles. The van der Waals surface area contributed by atoms with E-state index < -0.39 is 10.0 Å². The first-order valence-corrected chi connectivity index (χ1v) is 9.75. The molecule has 9 heteroatoms. The third kappa shape index (κ3) is 4.23. The molecule has 1 aromatic carbocycles. The fourth-order valence-corrected chi connectivity index (χ4v) is 3.74. The lowest BCUT2D eigenvalue weighted by Gasteiger charge is -2.29. The molecule has 1 saturated heterocycles. The first kappa shape index (κ1) is 17.6. The number of aromatic amines is 1. The Bertz CT molecular complexity index is 873. The SMILES string of the molecule is CS(=O)(=O)N1CCC(C(=O)Nc2cc(-c3cccc(F)c3)[nH]n2)CC1. The number of piperidine rings is 1. The predicted molar refractivity (Wildman–Crippen MR) is 91.8 cm³/mol. The number of benzene rings is 1. The number of hydrogen-bond donors (Lipinski definition) is 2. The van der Waals surface area contributed by atoms with Gasteiger partial charge in [-0.15, -0.1) is 0 Å². The Kier molecular flexibility index (Phi) is 4.87. The largest absolute Gasteiger partial charge is 0.309 e. The van der Waals surface area contributed by atoms with Gasteiger partial charge in [0.15, 0.2) is 5.82 Å². The fourth-order valence-electron chi connectivity index (χ4n) is 2.87. The van der Waals surface area contributed by atoms with E-state index >= 15 is 0 Å². The number of anilines is 1. The highest BCUT2D eigenvalue weighted by atomic mass is 32.2. The van der Waals surface area contributed by atoms with Crippen molar-refractivity contribution in [3.63, 3.8) is 0 Å². The number of rotatable bonds is 4. The summed E-state index contributed by atoms with van der Waals surface area (Å²) in [6, 6.07) is 7.70. The number of nitrogens with zero attached hydrogens (tertiary/aromatic N) is 2. The zero-order valence-electron chi connectivity index (χ0n) is 13.7. The average molecular weight is 366 g/mol. The van der Waals surface area contributed by atoms with Crippen molar-refractivity contribution in [3.05, 3.63) is 36.1 Å². The van der Waals surface area contributed by atoms with Crippen LogP contribution < -0.4 is 5.32 Å². The molecule has 134 valence electrons. The number of carbonyl (C=O) groups excluding carboxylic acids is 1. The molecule has 7 nitrogen and oxygen atoms in total. The lowest BCUT2D eigenvalue weighted by molar-refractivity contribution is -0.120. The molecular weight excluding hydrogens is 347 g/mol. The van der Waals surface area contributed by atoms with Gasteiger partial charge < -0.3 is 5.32 Å². The Morgan fingerprint density at radius 2 is 2.04 bits per heavy atom. The zero-order valence-corrected chi connectivity index (χ0v) is 14.5. The maximum Gasteiger partial charge on any atom is 0.228 e. The standard InChI is InChI=1S/C16H19FN4O3S/c1-25(23,24)21-7-5-11(6-8-21)16(22)18-15-10-14(19-20-15)12-3-2-4-13(17)9-12/h2-4,9-11H,5-8H2,1H3,(H2,18,19,20,22). The van der Waals surface area contributed by atoms with Crippen molar-refractivity contribution in [2.45, 2.75) is 12.8 Å². The normalized spacial score (nSPS) is 16.7. The van der Waals surface area contributed by atoms with Crippen molar-refractivity contribution >= 4 is 21.7 Å². The second kappa shape index (κ2) is 6.93. The van der Waals surface area contributed by atoms with Crippen molar-refractivity contribution in [1.29, 1.82) is 0 Å². The second-order valence-electron chi connectivity index (χ2n) is 6.10. The van der Waals surface area contributed by atoms with Crippen LogP contribution in [-0.2, 0) is 14.8 Å². The molecule has 1 fully saturated rings. The van der Waals surface area contributed by atoms with Crippen LogP contribution in [0.3, 0.4) is 0 Å². The van der Waals surface area contributed by atoms with Gasteiger partial charge in [-0.2, -0.15) is 5.10 Å². The summed E-state index contributed by atoms with van der Waals surface area (Å²) in [6.45, 7) is 0.679. The molecule has 0 aliphatic carbocycles. The van der Waals surface area contributed by atoms with E-state index in [9.17, 15) is 17.6 Å². The van der Waals surface area contributed by atoms with Crippen molar-refractivity contribution in [3.8, 4) is 11.3 Å². The minimum Gasteiger partial charge on any atom is -0.309 e.